The molecule has 0 saturated carbocycles. The second-order valence-corrected chi connectivity index (χ2v) is 15.9. The molecule has 4 heteroatoms. The lowest BCUT2D eigenvalue weighted by atomic mass is 9.69. The molecular weight excluding hydrogens is 741 g/mol. The fourth-order valence-electron chi connectivity index (χ4n) is 9.62. The summed E-state index contributed by atoms with van der Waals surface area (Å²) in [6.45, 7) is 0. The van der Waals surface area contributed by atoms with Gasteiger partial charge in [-0.05, 0) is 86.3 Å². The van der Waals surface area contributed by atoms with Crippen LogP contribution < -0.4 is 10.4 Å². The fourth-order valence-corrected chi connectivity index (χ4v) is 9.62. The van der Waals surface area contributed by atoms with E-state index < -0.39 is 0 Å². The smallest absolute Gasteiger partial charge is 0.164 e. The van der Waals surface area contributed by atoms with Gasteiger partial charge in [0.25, 0.3) is 0 Å². The number of benzene rings is 7. The van der Waals surface area contributed by atoms with Crippen LogP contribution in [0.1, 0.15) is 5.56 Å². The maximum Gasteiger partial charge on any atom is 0.164 e. The van der Waals surface area contributed by atoms with E-state index in [0.29, 0.717) is 17.5 Å². The van der Waals surface area contributed by atoms with Gasteiger partial charge in [0.2, 0.25) is 0 Å². The molecule has 7 aromatic carbocycles. The predicted octanol–water partition coefficient (Wildman–Crippen LogP) is 12.0. The van der Waals surface area contributed by atoms with Crippen LogP contribution in [0.5, 0.6) is 0 Å². The van der Waals surface area contributed by atoms with Crippen LogP contribution in [0.25, 0.3) is 89.5 Å². The second kappa shape index (κ2) is 14.4. The van der Waals surface area contributed by atoms with Gasteiger partial charge in [0.15, 0.2) is 17.5 Å². The quantitative estimate of drug-likeness (QED) is 0.169. The molecule has 3 aliphatic carbocycles. The number of nitrogens with zero attached hydrogens (tertiary/aromatic N) is 4. The SMILES string of the molecule is C1=CC2=c3cc(-c4ccc5c(c4)c4ccccc4n5-c4ccccc4)ccc3=C3C(c4cccc(-c5nc(-c6ccccc6)nc(-c6ccccc6)n5)c4)=CC=CC3C2C=C1. The van der Waals surface area contributed by atoms with E-state index in [2.05, 4.69) is 187 Å². The summed E-state index contributed by atoms with van der Waals surface area (Å²) in [6, 6.07) is 62.5. The van der Waals surface area contributed by atoms with Gasteiger partial charge < -0.3 is 4.57 Å². The van der Waals surface area contributed by atoms with Crippen molar-refractivity contribution in [3.05, 3.63) is 234 Å². The van der Waals surface area contributed by atoms with Gasteiger partial charge in [-0.25, -0.2) is 15.0 Å². The number of rotatable bonds is 6. The average Bonchev–Trinajstić information content (AvgIpc) is 3.68. The molecule has 2 heterocycles. The standard InChI is InChI=1S/C57H38N4/c1-4-16-37(17-5-1)55-58-56(38-18-6-2-7-19-38)60-57(59-55)42-21-14-20-41(34-42)44-27-15-28-48-45-24-10-11-25-46(45)50-35-39(30-32-49(50)54(44)48)40-31-33-53-51(36-40)47-26-12-13-29-52(47)61(53)43-22-8-3-9-23-43/h1-36,45,48H. The Balaban J connectivity index is 1.00. The third kappa shape index (κ3) is 5.95. The topological polar surface area (TPSA) is 43.6 Å². The van der Waals surface area contributed by atoms with E-state index >= 15 is 0 Å². The van der Waals surface area contributed by atoms with Crippen molar-refractivity contribution in [2.24, 2.45) is 11.8 Å². The van der Waals surface area contributed by atoms with Crippen molar-refractivity contribution < 1.29 is 0 Å². The minimum absolute atomic E-state index is 0.199. The van der Waals surface area contributed by atoms with Crippen LogP contribution in [0.2, 0.25) is 0 Å². The maximum atomic E-state index is 5.06. The van der Waals surface area contributed by atoms with Crippen LogP contribution in [0.3, 0.4) is 0 Å². The predicted molar refractivity (Wildman–Crippen MR) is 251 cm³/mol. The summed E-state index contributed by atoms with van der Waals surface area (Å²) in [4.78, 5) is 15.1. The minimum Gasteiger partial charge on any atom is -0.309 e. The summed E-state index contributed by atoms with van der Waals surface area (Å²) >= 11 is 0. The van der Waals surface area contributed by atoms with E-state index in [9.17, 15) is 0 Å². The summed E-state index contributed by atoms with van der Waals surface area (Å²) in [5.41, 5.74) is 13.9. The van der Waals surface area contributed by atoms with Gasteiger partial charge in [-0.15, -0.1) is 0 Å². The normalized spacial score (nSPS) is 16.4. The van der Waals surface area contributed by atoms with Crippen LogP contribution in [0.4, 0.5) is 0 Å². The number of hydrogen-bond acceptors (Lipinski definition) is 3. The van der Waals surface area contributed by atoms with E-state index in [0.717, 1.165) is 22.3 Å². The Kier molecular flexibility index (Phi) is 8.27. The molecule has 0 radical (unpaired) electrons. The molecule has 0 N–H and O–H groups in total. The van der Waals surface area contributed by atoms with Gasteiger partial charge in [-0.1, -0.05) is 176 Å². The van der Waals surface area contributed by atoms with E-state index in [1.54, 1.807) is 0 Å². The lowest BCUT2D eigenvalue weighted by Crippen LogP contribution is -2.40. The summed E-state index contributed by atoms with van der Waals surface area (Å²) in [6.07, 6.45) is 16.0. The highest BCUT2D eigenvalue weighted by Crippen LogP contribution is 2.44. The number of allylic oxidation sites excluding steroid dienone is 8. The molecule has 2 unspecified atom stereocenters. The van der Waals surface area contributed by atoms with Gasteiger partial charge in [0, 0.05) is 45.0 Å². The Hall–Kier alpha value is -7.95. The van der Waals surface area contributed by atoms with E-state index in [1.165, 1.54) is 65.8 Å². The van der Waals surface area contributed by atoms with E-state index in [1.807, 2.05) is 36.4 Å². The first-order valence-electron chi connectivity index (χ1n) is 20.9. The molecule has 12 rings (SSSR count). The molecule has 4 nitrogen and oxygen atoms in total. The van der Waals surface area contributed by atoms with Crippen molar-refractivity contribution in [2.75, 3.05) is 0 Å². The van der Waals surface area contributed by atoms with Crippen molar-refractivity contribution >= 4 is 38.5 Å². The zero-order valence-electron chi connectivity index (χ0n) is 33.2. The summed E-state index contributed by atoms with van der Waals surface area (Å²) in [7, 11) is 0. The third-order valence-corrected chi connectivity index (χ3v) is 12.4. The lowest BCUT2D eigenvalue weighted by molar-refractivity contribution is 0.697. The van der Waals surface area contributed by atoms with E-state index in [-0.39, 0.29) is 11.8 Å². The van der Waals surface area contributed by atoms with E-state index in [4.69, 9.17) is 15.0 Å². The molecule has 0 amide bonds. The zero-order chi connectivity index (χ0) is 40.3. The first kappa shape index (κ1) is 35.0. The molecule has 0 fully saturated rings. The van der Waals surface area contributed by atoms with Crippen LogP contribution in [-0.2, 0) is 0 Å². The number of hydrogen-bond donors (Lipinski definition) is 0. The van der Waals surface area contributed by atoms with Crippen LogP contribution in [0, 0.1) is 11.8 Å². The van der Waals surface area contributed by atoms with Crippen LogP contribution >= 0.6 is 0 Å². The summed E-state index contributed by atoms with van der Waals surface area (Å²) in [5, 5.41) is 5.07. The fraction of sp³-hybridized carbons (Fsp3) is 0.0351. The van der Waals surface area contributed by atoms with Gasteiger partial charge >= 0.3 is 0 Å². The molecule has 2 atom stereocenters. The summed E-state index contributed by atoms with van der Waals surface area (Å²) in [5.74, 6) is 2.38. The monoisotopic (exact) mass is 778 g/mol. The van der Waals surface area contributed by atoms with Crippen LogP contribution in [-0.4, -0.2) is 19.5 Å². The van der Waals surface area contributed by atoms with Crippen molar-refractivity contribution in [3.63, 3.8) is 0 Å². The van der Waals surface area contributed by atoms with Crippen LogP contribution in [0.15, 0.2) is 218 Å². The second-order valence-electron chi connectivity index (χ2n) is 15.9. The number of para-hydroxylation sites is 2. The molecule has 0 aliphatic heterocycles. The molecule has 0 spiro atoms. The largest absolute Gasteiger partial charge is 0.309 e. The van der Waals surface area contributed by atoms with Gasteiger partial charge in [0.1, 0.15) is 0 Å². The van der Waals surface area contributed by atoms with Crippen molar-refractivity contribution in [1.82, 2.24) is 19.5 Å². The Labute approximate surface area is 353 Å². The molecule has 9 aromatic rings. The minimum atomic E-state index is 0.199. The molecule has 61 heavy (non-hydrogen) atoms. The highest BCUT2D eigenvalue weighted by molar-refractivity contribution is 6.10. The Morgan fingerprint density at radius 1 is 0.393 bits per heavy atom. The first-order valence-corrected chi connectivity index (χ1v) is 20.9. The first-order chi connectivity index (χ1) is 30.2. The third-order valence-electron chi connectivity index (χ3n) is 12.4. The summed E-state index contributed by atoms with van der Waals surface area (Å²) < 4.78 is 2.38. The molecular formula is C57H38N4. The average molecular weight is 779 g/mol. The van der Waals surface area contributed by atoms with Gasteiger partial charge in [-0.2, -0.15) is 0 Å². The Bertz CT molecular complexity index is 3410. The molecule has 0 saturated heterocycles. The molecule has 286 valence electrons. The van der Waals surface area contributed by atoms with Gasteiger partial charge in [0.05, 0.1) is 11.0 Å². The van der Waals surface area contributed by atoms with Gasteiger partial charge in [-0.3, -0.25) is 0 Å². The lowest BCUT2D eigenvalue weighted by Gasteiger charge is -2.34. The molecule has 2 aromatic heterocycles. The molecule has 3 aliphatic rings. The van der Waals surface area contributed by atoms with Crippen molar-refractivity contribution in [1.29, 1.82) is 0 Å². The Morgan fingerprint density at radius 3 is 1.77 bits per heavy atom. The highest BCUT2D eigenvalue weighted by Gasteiger charge is 2.32. The molecule has 0 bridgehead atoms. The highest BCUT2D eigenvalue weighted by atomic mass is 15.0. The Morgan fingerprint density at radius 2 is 1.00 bits per heavy atom. The number of fused-ring (bicyclic) bond motifs is 7. The van der Waals surface area contributed by atoms with Crippen molar-refractivity contribution in [3.8, 4) is 51.0 Å². The zero-order valence-corrected chi connectivity index (χ0v) is 33.2. The maximum absolute atomic E-state index is 5.06. The van der Waals surface area contributed by atoms with Crippen molar-refractivity contribution in [2.45, 2.75) is 0 Å². The number of aromatic nitrogens is 4.